The summed E-state index contributed by atoms with van der Waals surface area (Å²) in [5.74, 6) is 1.30. The van der Waals surface area contributed by atoms with Crippen LogP contribution in [0.25, 0.3) is 10.9 Å². The Labute approximate surface area is 149 Å². The maximum absolute atomic E-state index is 5.27. The highest BCUT2D eigenvalue weighted by atomic mass is 32.1. The Hall–Kier alpha value is -1.81. The van der Waals surface area contributed by atoms with Gasteiger partial charge in [0.15, 0.2) is 5.11 Å². The molecule has 4 heteroatoms. The van der Waals surface area contributed by atoms with Gasteiger partial charge in [0, 0.05) is 29.7 Å². The number of para-hydroxylation sites is 1. The van der Waals surface area contributed by atoms with Gasteiger partial charge in [0.2, 0.25) is 0 Å². The number of rotatable bonds is 6. The van der Waals surface area contributed by atoms with Gasteiger partial charge in [-0.1, -0.05) is 38.1 Å². The number of aromatic nitrogens is 1. The molecule has 3 nitrogen and oxygen atoms in total. The predicted molar refractivity (Wildman–Crippen MR) is 106 cm³/mol. The van der Waals surface area contributed by atoms with Crippen molar-refractivity contribution < 1.29 is 0 Å². The minimum absolute atomic E-state index is 0.341. The van der Waals surface area contributed by atoms with Gasteiger partial charge in [0.25, 0.3) is 0 Å². The summed E-state index contributed by atoms with van der Waals surface area (Å²) in [6.07, 6.45) is 2.94. The summed E-state index contributed by atoms with van der Waals surface area (Å²) >= 11 is 5.27. The Morgan fingerprint density at radius 2 is 2.08 bits per heavy atom. The second kappa shape index (κ2) is 6.60. The number of aryl methyl sites for hydroxylation is 1. The van der Waals surface area contributed by atoms with Crippen LogP contribution in [0, 0.1) is 18.3 Å². The molecule has 0 amide bonds. The second-order valence-corrected chi connectivity index (χ2v) is 7.74. The Kier molecular flexibility index (Phi) is 4.68. The highest BCUT2D eigenvalue weighted by Crippen LogP contribution is 2.67. The van der Waals surface area contributed by atoms with Gasteiger partial charge in [-0.25, -0.2) is 0 Å². The van der Waals surface area contributed by atoms with E-state index in [4.69, 9.17) is 12.2 Å². The third-order valence-electron chi connectivity index (χ3n) is 5.45. The van der Waals surface area contributed by atoms with Crippen LogP contribution in [0.15, 0.2) is 36.9 Å². The van der Waals surface area contributed by atoms with Crippen molar-refractivity contribution in [1.29, 1.82) is 0 Å². The van der Waals surface area contributed by atoms with E-state index in [0.29, 0.717) is 28.9 Å². The Bertz CT molecular complexity index is 759. The fraction of sp³-hybridized carbons (Fsp3) is 0.450. The number of aromatic amines is 1. The van der Waals surface area contributed by atoms with Crippen LogP contribution in [0.4, 0.5) is 0 Å². The van der Waals surface area contributed by atoms with Crippen molar-refractivity contribution in [2.75, 3.05) is 13.1 Å². The first-order chi connectivity index (χ1) is 11.5. The lowest BCUT2D eigenvalue weighted by atomic mass is 10.0. The van der Waals surface area contributed by atoms with Crippen molar-refractivity contribution in [3.05, 3.63) is 48.2 Å². The lowest BCUT2D eigenvalue weighted by Gasteiger charge is -2.09. The Morgan fingerprint density at radius 3 is 2.83 bits per heavy atom. The van der Waals surface area contributed by atoms with E-state index in [1.165, 1.54) is 22.2 Å². The highest BCUT2D eigenvalue weighted by molar-refractivity contribution is 7.80. The van der Waals surface area contributed by atoms with Crippen LogP contribution in [0.3, 0.4) is 0 Å². The number of benzene rings is 1. The van der Waals surface area contributed by atoms with E-state index in [0.717, 1.165) is 13.0 Å². The largest absolute Gasteiger partial charge is 0.363 e. The van der Waals surface area contributed by atoms with E-state index in [1.807, 2.05) is 6.08 Å². The minimum atomic E-state index is 0.341. The zero-order valence-electron chi connectivity index (χ0n) is 14.8. The number of hydrogen-bond acceptors (Lipinski definition) is 1. The maximum Gasteiger partial charge on any atom is 0.166 e. The lowest BCUT2D eigenvalue weighted by Crippen LogP contribution is -2.35. The summed E-state index contributed by atoms with van der Waals surface area (Å²) in [5, 5.41) is 8.52. The normalized spacial score (nSPS) is 21.5. The Morgan fingerprint density at radius 1 is 1.33 bits per heavy atom. The van der Waals surface area contributed by atoms with Crippen LogP contribution in [0.5, 0.6) is 0 Å². The molecule has 24 heavy (non-hydrogen) atoms. The molecule has 1 heterocycles. The van der Waals surface area contributed by atoms with Crippen LogP contribution in [-0.2, 0) is 0 Å². The van der Waals surface area contributed by atoms with Crippen LogP contribution < -0.4 is 10.6 Å². The monoisotopic (exact) mass is 341 g/mol. The first kappa shape index (κ1) is 17.0. The SMILES string of the molecule is C=CCNC(=S)NCC[C@@H]1[C@@H](c2c(C)[nH]c3ccccc23)C1(C)C. The summed E-state index contributed by atoms with van der Waals surface area (Å²) in [5.41, 5.74) is 4.41. The first-order valence-electron chi connectivity index (χ1n) is 8.66. The second-order valence-electron chi connectivity index (χ2n) is 7.33. The molecule has 0 unspecified atom stereocenters. The van der Waals surface area contributed by atoms with Gasteiger partial charge in [-0.05, 0) is 54.4 Å². The molecule has 1 aliphatic rings. The quantitative estimate of drug-likeness (QED) is 0.543. The van der Waals surface area contributed by atoms with E-state index >= 15 is 0 Å². The molecule has 0 bridgehead atoms. The third-order valence-corrected chi connectivity index (χ3v) is 5.74. The van der Waals surface area contributed by atoms with E-state index < -0.39 is 0 Å². The Balaban J connectivity index is 1.67. The lowest BCUT2D eigenvalue weighted by molar-refractivity contribution is 0.527. The number of hydrogen-bond donors (Lipinski definition) is 3. The maximum atomic E-state index is 5.27. The number of H-pyrrole nitrogens is 1. The van der Waals surface area contributed by atoms with Crippen LogP contribution in [0.1, 0.15) is 37.4 Å². The van der Waals surface area contributed by atoms with Crippen molar-refractivity contribution in [1.82, 2.24) is 15.6 Å². The fourth-order valence-corrected chi connectivity index (χ4v) is 4.31. The molecule has 3 rings (SSSR count). The van der Waals surface area contributed by atoms with E-state index in [2.05, 4.69) is 67.2 Å². The first-order valence-corrected chi connectivity index (χ1v) is 9.07. The molecule has 0 spiro atoms. The van der Waals surface area contributed by atoms with E-state index in [1.54, 1.807) is 0 Å². The average Bonchev–Trinajstić information content (AvgIpc) is 2.91. The molecule has 1 saturated carbocycles. The zero-order chi connectivity index (χ0) is 17.3. The van der Waals surface area contributed by atoms with Gasteiger partial charge in [-0.3, -0.25) is 0 Å². The van der Waals surface area contributed by atoms with E-state index in [-0.39, 0.29) is 0 Å². The molecule has 0 radical (unpaired) electrons. The number of thiocarbonyl (C=S) groups is 1. The molecule has 0 saturated heterocycles. The third kappa shape index (κ3) is 3.07. The molecule has 1 fully saturated rings. The van der Waals surface area contributed by atoms with Gasteiger partial charge in [-0.15, -0.1) is 6.58 Å². The van der Waals surface area contributed by atoms with Gasteiger partial charge in [-0.2, -0.15) is 0 Å². The van der Waals surface area contributed by atoms with Gasteiger partial charge >= 0.3 is 0 Å². The summed E-state index contributed by atoms with van der Waals surface area (Å²) in [6, 6.07) is 8.64. The molecule has 2 atom stereocenters. The summed E-state index contributed by atoms with van der Waals surface area (Å²) in [4.78, 5) is 3.55. The fourth-order valence-electron chi connectivity index (χ4n) is 4.12. The smallest absolute Gasteiger partial charge is 0.166 e. The molecule has 0 aliphatic heterocycles. The van der Waals surface area contributed by atoms with Crippen molar-refractivity contribution in [2.45, 2.75) is 33.1 Å². The summed E-state index contributed by atoms with van der Waals surface area (Å²) in [7, 11) is 0. The van der Waals surface area contributed by atoms with Crippen molar-refractivity contribution in [2.24, 2.45) is 11.3 Å². The molecule has 3 N–H and O–H groups in total. The van der Waals surface area contributed by atoms with E-state index in [9.17, 15) is 0 Å². The van der Waals surface area contributed by atoms with Crippen LogP contribution >= 0.6 is 12.2 Å². The van der Waals surface area contributed by atoms with Crippen molar-refractivity contribution in [3.63, 3.8) is 0 Å². The van der Waals surface area contributed by atoms with Gasteiger partial charge < -0.3 is 15.6 Å². The topological polar surface area (TPSA) is 39.8 Å². The molecule has 1 aliphatic carbocycles. The van der Waals surface area contributed by atoms with Crippen LogP contribution in [0.2, 0.25) is 0 Å². The molecule has 1 aromatic carbocycles. The molecule has 2 aromatic rings. The number of nitrogens with one attached hydrogen (secondary N) is 3. The standard InChI is InChI=1S/C20H27N3S/c1-5-11-21-19(24)22-12-10-15-18(20(15,3)4)17-13(2)23-16-9-7-6-8-14(16)17/h5-9,15,18,23H,1,10-12H2,2-4H3,(H2,21,22,24)/t15-,18+/m1/s1. The van der Waals surface area contributed by atoms with Crippen molar-refractivity contribution in [3.8, 4) is 0 Å². The van der Waals surface area contributed by atoms with Gasteiger partial charge in [0.1, 0.15) is 0 Å². The zero-order valence-corrected chi connectivity index (χ0v) is 15.6. The average molecular weight is 342 g/mol. The molecule has 1 aromatic heterocycles. The summed E-state index contributed by atoms with van der Waals surface area (Å²) in [6.45, 7) is 12.3. The van der Waals surface area contributed by atoms with Crippen molar-refractivity contribution >= 4 is 28.2 Å². The summed E-state index contributed by atoms with van der Waals surface area (Å²) < 4.78 is 0. The van der Waals surface area contributed by atoms with Crippen LogP contribution in [-0.4, -0.2) is 23.2 Å². The molecular formula is C20H27N3S. The predicted octanol–water partition coefficient (Wildman–Crippen LogP) is 4.26. The van der Waals surface area contributed by atoms with Gasteiger partial charge in [0.05, 0.1) is 0 Å². The molecular weight excluding hydrogens is 314 g/mol. The minimum Gasteiger partial charge on any atom is -0.363 e. The highest BCUT2D eigenvalue weighted by Gasteiger charge is 2.58. The molecule has 128 valence electrons. The number of fused-ring (bicyclic) bond motifs is 1.